The van der Waals surface area contributed by atoms with E-state index in [1.165, 1.54) is 0 Å². The van der Waals surface area contributed by atoms with Gasteiger partial charge in [-0.15, -0.1) is 0 Å². The molecule has 1 fully saturated rings. The van der Waals surface area contributed by atoms with Gasteiger partial charge in [0.25, 0.3) is 0 Å². The van der Waals surface area contributed by atoms with Crippen molar-refractivity contribution in [1.29, 1.82) is 0 Å². The summed E-state index contributed by atoms with van der Waals surface area (Å²) in [4.78, 5) is 0. The van der Waals surface area contributed by atoms with E-state index in [1.807, 2.05) is 0 Å². The van der Waals surface area contributed by atoms with Crippen LogP contribution in [0.2, 0.25) is 0 Å². The van der Waals surface area contributed by atoms with Crippen molar-refractivity contribution >= 4 is 0 Å². The molecule has 0 radical (unpaired) electrons. The zero-order chi connectivity index (χ0) is 12.0. The van der Waals surface area contributed by atoms with Crippen LogP contribution < -0.4 is 5.32 Å². The Labute approximate surface area is 93.0 Å². The summed E-state index contributed by atoms with van der Waals surface area (Å²) in [5, 5.41) is 12.3. The van der Waals surface area contributed by atoms with Gasteiger partial charge in [0.2, 0.25) is 0 Å². The standard InChI is InChI=1S/C10H18F3NO2/c11-10(12,13)7-16-4-3-14-6-8-1-2-9(15)5-8/h8-9,14-15H,1-7H2. The second kappa shape index (κ2) is 6.42. The number of rotatable bonds is 6. The van der Waals surface area contributed by atoms with E-state index >= 15 is 0 Å². The van der Waals surface area contributed by atoms with Gasteiger partial charge in [0.15, 0.2) is 0 Å². The van der Waals surface area contributed by atoms with Crippen molar-refractivity contribution in [3.63, 3.8) is 0 Å². The molecule has 0 aromatic carbocycles. The molecule has 1 saturated carbocycles. The van der Waals surface area contributed by atoms with Crippen LogP contribution in [0.5, 0.6) is 0 Å². The summed E-state index contributed by atoms with van der Waals surface area (Å²) in [6, 6.07) is 0. The number of ether oxygens (including phenoxy) is 1. The molecule has 0 aromatic rings. The number of hydrogen-bond acceptors (Lipinski definition) is 3. The van der Waals surface area contributed by atoms with Crippen LogP contribution in [0, 0.1) is 5.92 Å². The molecular weight excluding hydrogens is 223 g/mol. The van der Waals surface area contributed by atoms with Gasteiger partial charge in [0, 0.05) is 6.54 Å². The molecule has 1 aliphatic carbocycles. The highest BCUT2D eigenvalue weighted by atomic mass is 19.4. The van der Waals surface area contributed by atoms with Crippen LogP contribution in [-0.4, -0.2) is 43.7 Å². The highest BCUT2D eigenvalue weighted by molar-refractivity contribution is 4.75. The van der Waals surface area contributed by atoms with E-state index in [4.69, 9.17) is 0 Å². The maximum absolute atomic E-state index is 11.7. The van der Waals surface area contributed by atoms with Crippen molar-refractivity contribution in [2.45, 2.75) is 31.5 Å². The zero-order valence-electron chi connectivity index (χ0n) is 9.09. The molecule has 3 nitrogen and oxygen atoms in total. The number of hydrogen-bond donors (Lipinski definition) is 2. The summed E-state index contributed by atoms with van der Waals surface area (Å²) < 4.78 is 39.5. The molecule has 0 amide bonds. The van der Waals surface area contributed by atoms with Crippen LogP contribution in [0.4, 0.5) is 13.2 Å². The SMILES string of the molecule is OC1CCC(CNCCOCC(F)(F)F)C1. The number of aliphatic hydroxyl groups excluding tert-OH is 1. The quantitative estimate of drug-likeness (QED) is 0.689. The van der Waals surface area contributed by atoms with Crippen molar-refractivity contribution in [2.75, 3.05) is 26.3 Å². The highest BCUT2D eigenvalue weighted by Crippen LogP contribution is 2.24. The normalized spacial score (nSPS) is 26.2. The monoisotopic (exact) mass is 241 g/mol. The molecular formula is C10H18F3NO2. The van der Waals surface area contributed by atoms with Crippen LogP contribution in [0.3, 0.4) is 0 Å². The van der Waals surface area contributed by atoms with Gasteiger partial charge < -0.3 is 15.2 Å². The average molecular weight is 241 g/mol. The smallest absolute Gasteiger partial charge is 0.393 e. The van der Waals surface area contributed by atoms with Crippen LogP contribution >= 0.6 is 0 Å². The van der Waals surface area contributed by atoms with Crippen LogP contribution in [0.15, 0.2) is 0 Å². The first-order valence-corrected chi connectivity index (χ1v) is 5.50. The van der Waals surface area contributed by atoms with E-state index in [9.17, 15) is 18.3 Å². The fourth-order valence-corrected chi connectivity index (χ4v) is 1.87. The van der Waals surface area contributed by atoms with Crippen LogP contribution in [0.1, 0.15) is 19.3 Å². The Bertz CT molecular complexity index is 199. The molecule has 6 heteroatoms. The van der Waals surface area contributed by atoms with Crippen LogP contribution in [0.25, 0.3) is 0 Å². The van der Waals surface area contributed by atoms with Crippen molar-refractivity contribution < 1.29 is 23.0 Å². The first-order chi connectivity index (χ1) is 7.47. The predicted octanol–water partition coefficient (Wildman–Crippen LogP) is 1.32. The lowest BCUT2D eigenvalue weighted by atomic mass is 10.1. The molecule has 1 aliphatic rings. The minimum atomic E-state index is -4.24. The van der Waals surface area contributed by atoms with Gasteiger partial charge in [-0.1, -0.05) is 0 Å². The van der Waals surface area contributed by atoms with E-state index in [2.05, 4.69) is 10.1 Å². The van der Waals surface area contributed by atoms with E-state index in [1.54, 1.807) is 0 Å². The maximum Gasteiger partial charge on any atom is 0.411 e. The molecule has 0 heterocycles. The minimum Gasteiger partial charge on any atom is -0.393 e. The van der Waals surface area contributed by atoms with Gasteiger partial charge in [-0.25, -0.2) is 0 Å². The molecule has 16 heavy (non-hydrogen) atoms. The van der Waals surface area contributed by atoms with Crippen molar-refractivity contribution in [3.8, 4) is 0 Å². The minimum absolute atomic E-state index is 0.0643. The van der Waals surface area contributed by atoms with Gasteiger partial charge in [-0.05, 0) is 31.7 Å². The van der Waals surface area contributed by atoms with Gasteiger partial charge >= 0.3 is 6.18 Å². The molecule has 0 aromatic heterocycles. The topological polar surface area (TPSA) is 41.5 Å². The molecule has 2 unspecified atom stereocenters. The lowest BCUT2D eigenvalue weighted by Crippen LogP contribution is -2.27. The number of halogens is 3. The van der Waals surface area contributed by atoms with E-state index < -0.39 is 12.8 Å². The maximum atomic E-state index is 11.7. The average Bonchev–Trinajstić information content (AvgIpc) is 2.56. The molecule has 2 atom stereocenters. The number of nitrogens with one attached hydrogen (secondary N) is 1. The fraction of sp³-hybridized carbons (Fsp3) is 1.00. The van der Waals surface area contributed by atoms with Crippen LogP contribution in [-0.2, 0) is 4.74 Å². The Morgan fingerprint density at radius 2 is 2.06 bits per heavy atom. The summed E-state index contributed by atoms with van der Waals surface area (Å²) in [5.74, 6) is 0.442. The summed E-state index contributed by atoms with van der Waals surface area (Å²) in [5.41, 5.74) is 0. The van der Waals surface area contributed by atoms with Crippen molar-refractivity contribution in [3.05, 3.63) is 0 Å². The van der Waals surface area contributed by atoms with E-state index in [0.29, 0.717) is 12.5 Å². The number of alkyl halides is 3. The summed E-state index contributed by atoms with van der Waals surface area (Å²) in [6.45, 7) is 0.0424. The Kier molecular flexibility index (Phi) is 5.51. The summed E-state index contributed by atoms with van der Waals surface area (Å²) in [7, 11) is 0. The molecule has 1 rings (SSSR count). The van der Waals surface area contributed by atoms with E-state index in [0.717, 1.165) is 25.8 Å². The van der Waals surface area contributed by atoms with Gasteiger partial charge in [0.05, 0.1) is 12.7 Å². The third-order valence-corrected chi connectivity index (χ3v) is 2.64. The van der Waals surface area contributed by atoms with Gasteiger partial charge in [-0.3, -0.25) is 0 Å². The van der Waals surface area contributed by atoms with Gasteiger partial charge in [-0.2, -0.15) is 13.2 Å². The van der Waals surface area contributed by atoms with E-state index in [-0.39, 0.29) is 12.7 Å². The van der Waals surface area contributed by atoms with Crippen molar-refractivity contribution in [1.82, 2.24) is 5.32 Å². The molecule has 2 N–H and O–H groups in total. The zero-order valence-corrected chi connectivity index (χ0v) is 9.09. The molecule has 0 bridgehead atoms. The first kappa shape index (κ1) is 13.7. The first-order valence-electron chi connectivity index (χ1n) is 5.50. The molecule has 96 valence electrons. The summed E-state index contributed by atoms with van der Waals surface area (Å²) in [6.07, 6.45) is -1.84. The molecule has 0 saturated heterocycles. The lowest BCUT2D eigenvalue weighted by Gasteiger charge is -2.11. The Balaban J connectivity index is 1.89. The Hall–Kier alpha value is -0.330. The van der Waals surface area contributed by atoms with Gasteiger partial charge in [0.1, 0.15) is 6.61 Å². The lowest BCUT2D eigenvalue weighted by molar-refractivity contribution is -0.173. The second-order valence-corrected chi connectivity index (χ2v) is 4.20. The highest BCUT2D eigenvalue weighted by Gasteiger charge is 2.27. The predicted molar refractivity (Wildman–Crippen MR) is 53.1 cm³/mol. The molecule has 0 aliphatic heterocycles. The Morgan fingerprint density at radius 3 is 2.62 bits per heavy atom. The summed E-state index contributed by atoms with van der Waals surface area (Å²) >= 11 is 0. The number of aliphatic hydroxyl groups is 1. The Morgan fingerprint density at radius 1 is 1.31 bits per heavy atom. The third kappa shape index (κ3) is 6.30. The largest absolute Gasteiger partial charge is 0.411 e. The fourth-order valence-electron chi connectivity index (χ4n) is 1.87. The second-order valence-electron chi connectivity index (χ2n) is 4.20. The van der Waals surface area contributed by atoms with Crippen molar-refractivity contribution in [2.24, 2.45) is 5.92 Å². The molecule has 0 spiro atoms. The third-order valence-electron chi connectivity index (χ3n) is 2.64.